The van der Waals surface area contributed by atoms with Crippen LogP contribution in [0.2, 0.25) is 0 Å². The van der Waals surface area contributed by atoms with Crippen LogP contribution in [0.1, 0.15) is 35.6 Å². The van der Waals surface area contributed by atoms with Crippen LogP contribution in [0.25, 0.3) is 5.57 Å². The summed E-state index contributed by atoms with van der Waals surface area (Å²) in [5.74, 6) is -0.0187. The van der Waals surface area contributed by atoms with Gasteiger partial charge in [0.15, 0.2) is 11.6 Å². The fourth-order valence-electron chi connectivity index (χ4n) is 3.96. The number of anilines is 2. The molecule has 2 aliphatic rings. The van der Waals surface area contributed by atoms with Crippen LogP contribution in [0.5, 0.6) is 0 Å². The Morgan fingerprint density at radius 3 is 2.60 bits per heavy atom. The van der Waals surface area contributed by atoms with Crippen molar-refractivity contribution in [1.29, 1.82) is 0 Å². The number of carbonyl (C=O) groups is 2. The van der Waals surface area contributed by atoms with Gasteiger partial charge in [0.2, 0.25) is 0 Å². The minimum atomic E-state index is -0.451. The molecule has 30 heavy (non-hydrogen) atoms. The number of rotatable bonds is 4. The van der Waals surface area contributed by atoms with Crippen molar-refractivity contribution in [2.75, 3.05) is 36.5 Å². The number of morpholine rings is 1. The van der Waals surface area contributed by atoms with Crippen LogP contribution in [0.4, 0.5) is 11.4 Å². The van der Waals surface area contributed by atoms with Gasteiger partial charge in [-0.2, -0.15) is 0 Å². The number of ketones is 1. The Morgan fingerprint density at radius 2 is 1.93 bits per heavy atom. The molecule has 2 aromatic rings. The molecular weight excluding hydrogens is 382 g/mol. The summed E-state index contributed by atoms with van der Waals surface area (Å²) in [6.45, 7) is 6.45. The molecular formula is C22H25N5O3. The van der Waals surface area contributed by atoms with Crippen molar-refractivity contribution >= 4 is 28.6 Å². The zero-order valence-electron chi connectivity index (χ0n) is 17.1. The maximum absolute atomic E-state index is 13.0. The molecule has 1 amide bonds. The van der Waals surface area contributed by atoms with E-state index in [1.54, 1.807) is 18.5 Å². The molecule has 1 saturated heterocycles. The van der Waals surface area contributed by atoms with E-state index in [-0.39, 0.29) is 17.2 Å². The van der Waals surface area contributed by atoms with Gasteiger partial charge >= 0.3 is 0 Å². The second kappa shape index (κ2) is 7.87. The number of benzene rings is 1. The van der Waals surface area contributed by atoms with Gasteiger partial charge in [0.25, 0.3) is 5.91 Å². The zero-order chi connectivity index (χ0) is 21.3. The largest absolute Gasteiger partial charge is 0.404 e. The first-order valence-electron chi connectivity index (χ1n) is 9.96. The van der Waals surface area contributed by atoms with E-state index in [1.165, 1.54) is 6.20 Å². The Morgan fingerprint density at radius 1 is 1.23 bits per heavy atom. The number of hydrogen-bond acceptors (Lipinski definition) is 7. The van der Waals surface area contributed by atoms with Gasteiger partial charge in [-0.1, -0.05) is 13.8 Å². The topological polar surface area (TPSA) is 110 Å². The first-order chi connectivity index (χ1) is 14.4. The summed E-state index contributed by atoms with van der Waals surface area (Å²) in [5.41, 5.74) is 8.55. The Kier molecular flexibility index (Phi) is 5.26. The number of Topliss-reactive ketones (excluding diaryl/α,β-unsaturated/α-hetero) is 1. The zero-order valence-corrected chi connectivity index (χ0v) is 17.1. The van der Waals surface area contributed by atoms with Crippen molar-refractivity contribution in [3.8, 4) is 0 Å². The van der Waals surface area contributed by atoms with Gasteiger partial charge in [-0.05, 0) is 30.2 Å². The van der Waals surface area contributed by atoms with E-state index in [2.05, 4.69) is 20.2 Å². The molecule has 0 bridgehead atoms. The van der Waals surface area contributed by atoms with Gasteiger partial charge in [0.05, 0.1) is 30.2 Å². The van der Waals surface area contributed by atoms with Crippen LogP contribution in [-0.4, -0.2) is 48.0 Å². The number of aromatic nitrogens is 2. The van der Waals surface area contributed by atoms with Gasteiger partial charge < -0.3 is 20.7 Å². The van der Waals surface area contributed by atoms with E-state index in [1.807, 2.05) is 26.0 Å². The fraction of sp³-hybridized carbons (Fsp3) is 0.364. The molecule has 0 radical (unpaired) electrons. The Bertz CT molecular complexity index is 1010. The third kappa shape index (κ3) is 3.66. The monoisotopic (exact) mass is 407 g/mol. The number of nitrogens with zero attached hydrogens (tertiary/aromatic N) is 3. The van der Waals surface area contributed by atoms with Crippen LogP contribution < -0.4 is 16.0 Å². The molecule has 0 atom stereocenters. The van der Waals surface area contributed by atoms with Gasteiger partial charge in [-0.3, -0.25) is 9.59 Å². The van der Waals surface area contributed by atoms with E-state index >= 15 is 0 Å². The van der Waals surface area contributed by atoms with Crippen molar-refractivity contribution in [2.24, 2.45) is 11.1 Å². The number of fused-ring (bicyclic) bond motifs is 1. The molecule has 0 spiro atoms. The van der Waals surface area contributed by atoms with E-state index in [9.17, 15) is 9.59 Å². The molecule has 3 N–H and O–H groups in total. The van der Waals surface area contributed by atoms with E-state index in [4.69, 9.17) is 10.5 Å². The van der Waals surface area contributed by atoms with Crippen LogP contribution in [0.3, 0.4) is 0 Å². The third-order valence-corrected chi connectivity index (χ3v) is 5.53. The highest BCUT2D eigenvalue weighted by Crippen LogP contribution is 2.41. The number of ether oxygens (including phenoxy) is 1. The van der Waals surface area contributed by atoms with Crippen LogP contribution in [0, 0.1) is 5.41 Å². The number of carbonyl (C=O) groups excluding carboxylic acids is 2. The van der Waals surface area contributed by atoms with E-state index < -0.39 is 11.3 Å². The minimum Gasteiger partial charge on any atom is -0.404 e. The first-order valence-corrected chi connectivity index (χ1v) is 9.96. The fourth-order valence-corrected chi connectivity index (χ4v) is 3.96. The molecule has 1 aliphatic heterocycles. The maximum Gasteiger partial charge on any atom is 0.261 e. The van der Waals surface area contributed by atoms with E-state index in [0.717, 1.165) is 16.8 Å². The lowest BCUT2D eigenvalue weighted by Gasteiger charge is -2.31. The molecule has 156 valence electrons. The normalized spacial score (nSPS) is 18.3. The summed E-state index contributed by atoms with van der Waals surface area (Å²) < 4.78 is 5.46. The molecule has 0 unspecified atom stereocenters. The predicted octanol–water partition coefficient (Wildman–Crippen LogP) is 2.02. The minimum absolute atomic E-state index is 0.130. The molecule has 1 fully saturated rings. The molecule has 4 rings (SSSR count). The van der Waals surface area contributed by atoms with Crippen molar-refractivity contribution < 1.29 is 14.3 Å². The summed E-state index contributed by atoms with van der Waals surface area (Å²) >= 11 is 0. The Hall–Kier alpha value is -3.26. The maximum atomic E-state index is 13.0. The summed E-state index contributed by atoms with van der Waals surface area (Å²) in [6.07, 6.45) is 4.95. The highest BCUT2D eigenvalue weighted by molar-refractivity contribution is 6.25. The number of hydrogen-bond donors (Lipinski definition) is 2. The summed E-state index contributed by atoms with van der Waals surface area (Å²) in [7, 11) is 0. The van der Waals surface area contributed by atoms with Gasteiger partial charge in [0, 0.05) is 42.7 Å². The average molecular weight is 407 g/mol. The van der Waals surface area contributed by atoms with Gasteiger partial charge in [-0.15, -0.1) is 0 Å². The van der Waals surface area contributed by atoms with Crippen molar-refractivity contribution in [2.45, 2.75) is 20.3 Å². The SMILES string of the molecule is CC1(C)Cc2cc(NC(=O)/C(=C/N)c3ncccn3)c(N3CCOCC3)cc2C1=O. The smallest absolute Gasteiger partial charge is 0.261 e. The number of amides is 1. The highest BCUT2D eigenvalue weighted by atomic mass is 16.5. The third-order valence-electron chi connectivity index (χ3n) is 5.53. The number of nitrogens with two attached hydrogens (primary N) is 1. The lowest BCUT2D eigenvalue weighted by molar-refractivity contribution is -0.111. The van der Waals surface area contributed by atoms with Crippen molar-refractivity contribution in [3.05, 3.63) is 53.7 Å². The first kappa shape index (κ1) is 20.0. The standard InChI is InChI=1S/C22H25N5O3/c1-22(2)12-14-10-17(26-21(29)16(13-23)20-24-4-3-5-25-20)18(11-15(14)19(22)28)27-6-8-30-9-7-27/h3-5,10-11,13H,6-9,12,23H2,1-2H3,(H,26,29)/b16-13+. The quantitative estimate of drug-likeness (QED) is 0.746. The molecule has 8 heteroatoms. The molecule has 8 nitrogen and oxygen atoms in total. The molecule has 0 saturated carbocycles. The van der Waals surface area contributed by atoms with Gasteiger partial charge in [-0.25, -0.2) is 9.97 Å². The average Bonchev–Trinajstić information content (AvgIpc) is 2.97. The molecule has 1 aliphatic carbocycles. The Balaban J connectivity index is 1.71. The molecule has 2 heterocycles. The van der Waals surface area contributed by atoms with Crippen molar-refractivity contribution in [3.63, 3.8) is 0 Å². The van der Waals surface area contributed by atoms with Crippen molar-refractivity contribution in [1.82, 2.24) is 9.97 Å². The summed E-state index contributed by atoms with van der Waals surface area (Å²) in [6, 6.07) is 5.48. The number of nitrogens with one attached hydrogen (secondary N) is 1. The van der Waals surface area contributed by atoms with Crippen LogP contribution in [-0.2, 0) is 16.0 Å². The summed E-state index contributed by atoms with van der Waals surface area (Å²) in [4.78, 5) is 36.2. The molecule has 1 aromatic carbocycles. The van der Waals surface area contributed by atoms with Crippen LogP contribution in [0.15, 0.2) is 36.8 Å². The second-order valence-electron chi connectivity index (χ2n) is 8.12. The second-order valence-corrected chi connectivity index (χ2v) is 8.12. The van der Waals surface area contributed by atoms with E-state index in [0.29, 0.717) is 38.4 Å². The Labute approximate surface area is 175 Å². The van der Waals surface area contributed by atoms with Gasteiger partial charge in [0.1, 0.15) is 0 Å². The lowest BCUT2D eigenvalue weighted by atomic mass is 9.89. The van der Waals surface area contributed by atoms with Crippen LogP contribution >= 0.6 is 0 Å². The lowest BCUT2D eigenvalue weighted by Crippen LogP contribution is -2.37. The molecule has 1 aromatic heterocycles. The summed E-state index contributed by atoms with van der Waals surface area (Å²) in [5, 5.41) is 2.97. The highest BCUT2D eigenvalue weighted by Gasteiger charge is 2.38. The predicted molar refractivity (Wildman–Crippen MR) is 114 cm³/mol.